The molecule has 0 saturated heterocycles. The van der Waals surface area contributed by atoms with Gasteiger partial charge in [-0.05, 0) is 42.4 Å². The van der Waals surface area contributed by atoms with E-state index in [1.54, 1.807) is 0 Å². The monoisotopic (exact) mass is 378 g/mol. The van der Waals surface area contributed by atoms with Crippen LogP contribution in [0.4, 0.5) is 0 Å². The van der Waals surface area contributed by atoms with Crippen LogP contribution in [0.15, 0.2) is 40.4 Å². The van der Waals surface area contributed by atoms with E-state index in [0.717, 1.165) is 34.9 Å². The van der Waals surface area contributed by atoms with Gasteiger partial charge in [-0.3, -0.25) is 0 Å². The Morgan fingerprint density at radius 3 is 2.50 bits per heavy atom. The van der Waals surface area contributed by atoms with Crippen molar-refractivity contribution in [2.75, 3.05) is 0 Å². The normalized spacial score (nSPS) is 27.8. The van der Waals surface area contributed by atoms with Crippen LogP contribution >= 0.6 is 15.9 Å². The van der Waals surface area contributed by atoms with Gasteiger partial charge in [0.2, 0.25) is 0 Å². The summed E-state index contributed by atoms with van der Waals surface area (Å²) in [7, 11) is 0. The third kappa shape index (κ3) is 2.19. The molecule has 0 heterocycles. The van der Waals surface area contributed by atoms with Gasteiger partial charge in [0.15, 0.2) is 5.41 Å². The van der Waals surface area contributed by atoms with Gasteiger partial charge >= 0.3 is 0 Å². The number of nitrogens with one attached hydrogen (secondary N) is 1. The van der Waals surface area contributed by atoms with Crippen LogP contribution in [0.25, 0.3) is 0 Å². The summed E-state index contributed by atoms with van der Waals surface area (Å²) in [5, 5.41) is 37.8. The van der Waals surface area contributed by atoms with Crippen molar-refractivity contribution in [1.82, 2.24) is 0 Å². The Kier molecular flexibility index (Phi) is 4.27. The minimum absolute atomic E-state index is 0.0597. The highest BCUT2D eigenvalue weighted by Crippen LogP contribution is 2.56. The fourth-order valence-corrected chi connectivity index (χ4v) is 4.61. The van der Waals surface area contributed by atoms with Gasteiger partial charge in [0.1, 0.15) is 5.92 Å². The molecule has 3 atom stereocenters. The molecule has 0 aromatic heterocycles. The van der Waals surface area contributed by atoms with Crippen LogP contribution in [0, 0.1) is 56.7 Å². The smallest absolute Gasteiger partial charge is 0.189 e. The van der Waals surface area contributed by atoms with Gasteiger partial charge in [-0.15, -0.1) is 0 Å². The summed E-state index contributed by atoms with van der Waals surface area (Å²) < 4.78 is 0.831. The molecular formula is C19H15BrN4. The Labute approximate surface area is 149 Å². The summed E-state index contributed by atoms with van der Waals surface area (Å²) in [4.78, 5) is 0. The molecule has 0 bridgehead atoms. The second kappa shape index (κ2) is 6.23. The molecule has 0 aliphatic heterocycles. The lowest BCUT2D eigenvalue weighted by Gasteiger charge is -2.46. The van der Waals surface area contributed by atoms with E-state index in [9.17, 15) is 15.8 Å². The van der Waals surface area contributed by atoms with Crippen molar-refractivity contribution in [3.8, 4) is 18.2 Å². The van der Waals surface area contributed by atoms with E-state index >= 15 is 0 Å². The molecule has 2 aliphatic carbocycles. The molecule has 1 saturated carbocycles. The Balaban J connectivity index is 2.29. The van der Waals surface area contributed by atoms with E-state index in [-0.39, 0.29) is 11.6 Å². The highest BCUT2D eigenvalue weighted by molar-refractivity contribution is 9.10. The quantitative estimate of drug-likeness (QED) is 0.730. The standard InChI is InChI=1S/C19H15BrN4/c20-16-8-4-3-7-14(16)17-13-6-2-1-5-12(13)15(9-21)18(24)19(17,10-22)11-23/h3-5,7-8,13,15,17,24H,1-2,6H2/t13-,15+,17+/m0/s1. The number of fused-ring (bicyclic) bond motifs is 1. The van der Waals surface area contributed by atoms with Crippen LogP contribution in [0.5, 0.6) is 0 Å². The van der Waals surface area contributed by atoms with Crippen LogP contribution in [-0.2, 0) is 0 Å². The molecule has 1 aromatic carbocycles. The van der Waals surface area contributed by atoms with Crippen molar-refractivity contribution in [2.24, 2.45) is 17.3 Å². The SMILES string of the molecule is N#C[C@H]1C(=N)C(C#N)(C#N)[C@@H](c2ccccc2Br)[C@H]2CCCC=C12. The summed E-state index contributed by atoms with van der Waals surface area (Å²) in [6, 6.07) is 13.9. The second-order valence-corrected chi connectivity index (χ2v) is 7.10. The van der Waals surface area contributed by atoms with E-state index in [1.165, 1.54) is 0 Å². The topological polar surface area (TPSA) is 95.2 Å². The highest BCUT2D eigenvalue weighted by Gasteiger charge is 2.57. The number of nitrogens with zero attached hydrogens (tertiary/aromatic N) is 3. The molecule has 2 aliphatic rings. The van der Waals surface area contributed by atoms with Gasteiger partial charge in [0.05, 0.1) is 23.9 Å². The van der Waals surface area contributed by atoms with Crippen molar-refractivity contribution >= 4 is 21.6 Å². The van der Waals surface area contributed by atoms with Gasteiger partial charge in [-0.25, -0.2) is 0 Å². The summed E-state index contributed by atoms with van der Waals surface area (Å²) >= 11 is 3.54. The maximum Gasteiger partial charge on any atom is 0.189 e. The first kappa shape index (κ1) is 16.4. The van der Waals surface area contributed by atoms with Crippen molar-refractivity contribution in [2.45, 2.75) is 25.2 Å². The number of nitriles is 3. The van der Waals surface area contributed by atoms with E-state index in [0.29, 0.717) is 0 Å². The summed E-state index contributed by atoms with van der Waals surface area (Å²) in [6.45, 7) is 0. The maximum atomic E-state index is 9.88. The van der Waals surface area contributed by atoms with E-state index in [2.05, 4.69) is 34.1 Å². The van der Waals surface area contributed by atoms with Crippen molar-refractivity contribution < 1.29 is 0 Å². The third-order valence-corrected chi connectivity index (χ3v) is 5.89. The zero-order chi connectivity index (χ0) is 17.3. The molecule has 1 N–H and O–H groups in total. The summed E-state index contributed by atoms with van der Waals surface area (Å²) in [6.07, 6.45) is 4.72. The third-order valence-electron chi connectivity index (χ3n) is 5.17. The fourth-order valence-electron chi connectivity index (χ4n) is 4.08. The number of hydrogen-bond donors (Lipinski definition) is 1. The van der Waals surface area contributed by atoms with Crippen molar-refractivity contribution in [3.63, 3.8) is 0 Å². The van der Waals surface area contributed by atoms with Crippen LogP contribution in [0.1, 0.15) is 30.7 Å². The van der Waals surface area contributed by atoms with Gasteiger partial charge in [0, 0.05) is 10.4 Å². The molecule has 1 fully saturated rings. The molecule has 0 amide bonds. The van der Waals surface area contributed by atoms with E-state index in [1.807, 2.05) is 30.3 Å². The average Bonchev–Trinajstić information content (AvgIpc) is 2.62. The predicted molar refractivity (Wildman–Crippen MR) is 92.8 cm³/mol. The lowest BCUT2D eigenvalue weighted by Crippen LogP contribution is -2.48. The Morgan fingerprint density at radius 2 is 1.88 bits per heavy atom. The number of rotatable bonds is 1. The number of hydrogen-bond acceptors (Lipinski definition) is 4. The van der Waals surface area contributed by atoms with Crippen molar-refractivity contribution in [1.29, 1.82) is 21.2 Å². The molecule has 24 heavy (non-hydrogen) atoms. The van der Waals surface area contributed by atoms with Crippen LogP contribution in [0.3, 0.4) is 0 Å². The molecule has 1 aromatic rings. The van der Waals surface area contributed by atoms with Crippen LogP contribution in [-0.4, -0.2) is 5.71 Å². The highest BCUT2D eigenvalue weighted by atomic mass is 79.9. The van der Waals surface area contributed by atoms with E-state index in [4.69, 9.17) is 5.41 Å². The molecule has 118 valence electrons. The summed E-state index contributed by atoms with van der Waals surface area (Å²) in [5.41, 5.74) is 0.0826. The minimum Gasteiger partial charge on any atom is -0.305 e. The summed E-state index contributed by atoms with van der Waals surface area (Å²) in [5.74, 6) is -1.27. The molecular weight excluding hydrogens is 364 g/mol. The van der Waals surface area contributed by atoms with Crippen LogP contribution < -0.4 is 0 Å². The van der Waals surface area contributed by atoms with Gasteiger partial charge in [-0.1, -0.05) is 40.2 Å². The first-order valence-corrected chi connectivity index (χ1v) is 8.65. The van der Waals surface area contributed by atoms with Gasteiger partial charge in [-0.2, -0.15) is 15.8 Å². The predicted octanol–water partition coefficient (Wildman–Crippen LogP) is 4.47. The van der Waals surface area contributed by atoms with Crippen molar-refractivity contribution in [3.05, 3.63) is 46.0 Å². The molecule has 0 unspecified atom stereocenters. The zero-order valence-corrected chi connectivity index (χ0v) is 14.5. The second-order valence-electron chi connectivity index (χ2n) is 6.25. The van der Waals surface area contributed by atoms with Gasteiger partial charge < -0.3 is 5.41 Å². The molecule has 3 rings (SSSR count). The lowest BCUT2D eigenvalue weighted by atomic mass is 9.53. The average molecular weight is 379 g/mol. The molecule has 0 radical (unpaired) electrons. The lowest BCUT2D eigenvalue weighted by molar-refractivity contribution is 0.319. The number of benzene rings is 1. The maximum absolute atomic E-state index is 9.88. The number of halogens is 1. The Bertz CT molecular complexity index is 835. The Morgan fingerprint density at radius 1 is 1.17 bits per heavy atom. The first-order valence-electron chi connectivity index (χ1n) is 7.86. The molecule has 0 spiro atoms. The number of allylic oxidation sites excluding steroid dienone is 2. The molecule has 5 heteroatoms. The first-order chi connectivity index (χ1) is 11.6. The van der Waals surface area contributed by atoms with Crippen LogP contribution in [0.2, 0.25) is 0 Å². The molecule has 4 nitrogen and oxygen atoms in total. The zero-order valence-electron chi connectivity index (χ0n) is 13.0. The largest absolute Gasteiger partial charge is 0.305 e. The fraction of sp³-hybridized carbons (Fsp3) is 0.368. The Hall–Kier alpha value is -2.42. The van der Waals surface area contributed by atoms with E-state index < -0.39 is 17.3 Å². The minimum atomic E-state index is -1.61. The van der Waals surface area contributed by atoms with Gasteiger partial charge in [0.25, 0.3) is 0 Å².